The lowest BCUT2D eigenvalue weighted by molar-refractivity contribution is -0.392. The smallest absolute Gasteiger partial charge is 0.342 e. The molecule has 106 valence electrons. The van der Waals surface area contributed by atoms with E-state index in [1.54, 1.807) is 19.1 Å². The van der Waals surface area contributed by atoms with Gasteiger partial charge in [0, 0.05) is 11.9 Å². The van der Waals surface area contributed by atoms with Crippen LogP contribution >= 0.6 is 11.6 Å². The van der Waals surface area contributed by atoms with Gasteiger partial charge in [0.05, 0.1) is 13.2 Å². The molecule has 0 radical (unpaired) electrons. The molecule has 0 spiro atoms. The van der Waals surface area contributed by atoms with Crippen molar-refractivity contribution >= 4 is 17.4 Å². The molecule has 0 aliphatic rings. The van der Waals surface area contributed by atoms with Gasteiger partial charge >= 0.3 is 5.82 Å². The van der Waals surface area contributed by atoms with Crippen LogP contribution in [0.1, 0.15) is 11.4 Å². The Bertz CT molecular complexity index is 595. The number of hydrogen-bond acceptors (Lipinski definition) is 4. The van der Waals surface area contributed by atoms with E-state index in [-0.39, 0.29) is 5.82 Å². The lowest BCUT2D eigenvalue weighted by Crippen LogP contribution is -2.10. The molecule has 0 aliphatic carbocycles. The maximum Gasteiger partial charge on any atom is 0.342 e. The summed E-state index contributed by atoms with van der Waals surface area (Å²) in [4.78, 5) is 14.3. The van der Waals surface area contributed by atoms with Gasteiger partial charge in [-0.25, -0.2) is 9.55 Å². The van der Waals surface area contributed by atoms with Gasteiger partial charge in [0.2, 0.25) is 0 Å². The summed E-state index contributed by atoms with van der Waals surface area (Å²) in [6.07, 6.45) is 1.26. The fraction of sp³-hybridized carbons (Fsp3) is 0.308. The highest BCUT2D eigenvalue weighted by atomic mass is 35.5. The molecule has 0 N–H and O–H groups in total. The third-order valence-electron chi connectivity index (χ3n) is 2.86. The Labute approximate surface area is 121 Å². The van der Waals surface area contributed by atoms with E-state index in [2.05, 4.69) is 4.98 Å². The molecule has 6 nitrogen and oxygen atoms in total. The van der Waals surface area contributed by atoms with Gasteiger partial charge in [-0.2, -0.15) is 0 Å². The Balaban J connectivity index is 1.86. The van der Waals surface area contributed by atoms with Crippen molar-refractivity contribution in [3.8, 4) is 0 Å². The van der Waals surface area contributed by atoms with Gasteiger partial charge in [0.1, 0.15) is 12.7 Å². The van der Waals surface area contributed by atoms with Crippen LogP contribution in [0.5, 0.6) is 0 Å². The average Bonchev–Trinajstić information content (AvgIpc) is 2.78. The predicted molar refractivity (Wildman–Crippen MR) is 74.7 cm³/mol. The van der Waals surface area contributed by atoms with Gasteiger partial charge in [-0.05, 0) is 22.6 Å². The Morgan fingerprint density at radius 3 is 2.75 bits per heavy atom. The third-order valence-corrected chi connectivity index (χ3v) is 3.11. The second-order valence-corrected chi connectivity index (χ2v) is 4.69. The molecule has 0 saturated heterocycles. The van der Waals surface area contributed by atoms with Crippen LogP contribution in [0.25, 0.3) is 0 Å². The van der Waals surface area contributed by atoms with Gasteiger partial charge in [-0.15, -0.1) is 0 Å². The molecule has 0 amide bonds. The van der Waals surface area contributed by atoms with E-state index in [1.807, 2.05) is 12.1 Å². The van der Waals surface area contributed by atoms with E-state index in [0.29, 0.717) is 30.6 Å². The molecule has 20 heavy (non-hydrogen) atoms. The summed E-state index contributed by atoms with van der Waals surface area (Å²) >= 11 is 5.79. The fourth-order valence-corrected chi connectivity index (χ4v) is 1.93. The van der Waals surface area contributed by atoms with Gasteiger partial charge in [-0.1, -0.05) is 23.7 Å². The lowest BCUT2D eigenvalue weighted by Gasteiger charge is -2.05. The van der Waals surface area contributed by atoms with Gasteiger partial charge in [0.15, 0.2) is 5.82 Å². The maximum absolute atomic E-state index is 10.8. The molecular formula is C13H14ClN3O3. The van der Waals surface area contributed by atoms with Crippen molar-refractivity contribution in [2.45, 2.75) is 20.1 Å². The maximum atomic E-state index is 10.8. The number of nitrogens with zero attached hydrogens (tertiary/aromatic N) is 3. The van der Waals surface area contributed by atoms with Crippen LogP contribution in [0.2, 0.25) is 5.02 Å². The van der Waals surface area contributed by atoms with Crippen molar-refractivity contribution < 1.29 is 9.66 Å². The van der Waals surface area contributed by atoms with Gasteiger partial charge in [0.25, 0.3) is 0 Å². The Morgan fingerprint density at radius 1 is 1.40 bits per heavy atom. The number of hydrogen-bond donors (Lipinski definition) is 0. The van der Waals surface area contributed by atoms with Crippen LogP contribution in [0.15, 0.2) is 30.5 Å². The second kappa shape index (κ2) is 6.49. The number of rotatable bonds is 6. The van der Waals surface area contributed by atoms with E-state index in [1.165, 1.54) is 10.8 Å². The zero-order chi connectivity index (χ0) is 14.5. The van der Waals surface area contributed by atoms with Crippen molar-refractivity contribution in [1.82, 2.24) is 9.55 Å². The summed E-state index contributed by atoms with van der Waals surface area (Å²) in [5, 5.41) is 11.5. The molecule has 7 heteroatoms. The second-order valence-electron chi connectivity index (χ2n) is 4.25. The lowest BCUT2D eigenvalue weighted by atomic mass is 10.2. The average molecular weight is 296 g/mol. The highest BCUT2D eigenvalue weighted by Gasteiger charge is 2.16. The number of aryl methyl sites for hydroxylation is 1. The fourth-order valence-electron chi connectivity index (χ4n) is 1.80. The highest BCUT2D eigenvalue weighted by molar-refractivity contribution is 6.30. The van der Waals surface area contributed by atoms with Crippen LogP contribution in [-0.4, -0.2) is 21.1 Å². The van der Waals surface area contributed by atoms with Crippen LogP contribution in [0.4, 0.5) is 5.82 Å². The minimum atomic E-state index is -0.445. The first kappa shape index (κ1) is 14.5. The first-order valence-corrected chi connectivity index (χ1v) is 6.44. The summed E-state index contributed by atoms with van der Waals surface area (Å²) < 4.78 is 7.04. The first-order chi connectivity index (χ1) is 9.58. The monoisotopic (exact) mass is 295 g/mol. The number of aromatic nitrogens is 2. The number of imidazole rings is 1. The van der Waals surface area contributed by atoms with Crippen molar-refractivity contribution in [1.29, 1.82) is 0 Å². The zero-order valence-electron chi connectivity index (χ0n) is 11.0. The molecule has 2 aromatic rings. The van der Waals surface area contributed by atoms with Crippen LogP contribution in [0.3, 0.4) is 0 Å². The van der Waals surface area contributed by atoms with E-state index < -0.39 is 4.92 Å². The minimum absolute atomic E-state index is 0.0161. The molecule has 2 rings (SSSR count). The quantitative estimate of drug-likeness (QED) is 0.467. The number of benzene rings is 1. The van der Waals surface area contributed by atoms with Crippen LogP contribution in [-0.2, 0) is 17.9 Å². The van der Waals surface area contributed by atoms with E-state index >= 15 is 0 Å². The van der Waals surface area contributed by atoms with Crippen LogP contribution in [0, 0.1) is 17.0 Å². The number of ether oxygens (including phenoxy) is 1. The van der Waals surface area contributed by atoms with Gasteiger partial charge < -0.3 is 14.9 Å². The van der Waals surface area contributed by atoms with E-state index in [4.69, 9.17) is 16.3 Å². The Kier molecular flexibility index (Phi) is 4.70. The normalized spacial score (nSPS) is 10.7. The summed E-state index contributed by atoms with van der Waals surface area (Å²) in [6.45, 7) is 2.95. The third kappa shape index (κ3) is 3.55. The molecule has 0 unspecified atom stereocenters. The zero-order valence-corrected chi connectivity index (χ0v) is 11.7. The molecule has 1 aromatic heterocycles. The standard InChI is InChI=1S/C13H14ClN3O3/c1-10-15-8-13(17(18)19)16(10)6-7-20-9-11-2-4-12(14)5-3-11/h2-5,8H,6-7,9H2,1H3. The molecule has 1 aromatic carbocycles. The van der Waals surface area contributed by atoms with E-state index in [9.17, 15) is 10.1 Å². The number of nitro groups is 1. The van der Waals surface area contributed by atoms with Crippen LogP contribution < -0.4 is 0 Å². The largest absolute Gasteiger partial charge is 0.373 e. The van der Waals surface area contributed by atoms with Crippen molar-refractivity contribution in [2.75, 3.05) is 6.61 Å². The van der Waals surface area contributed by atoms with Crippen molar-refractivity contribution in [3.05, 3.63) is 57.0 Å². The summed E-state index contributed by atoms with van der Waals surface area (Å²) in [5.74, 6) is 0.587. The first-order valence-electron chi connectivity index (χ1n) is 6.06. The molecule has 0 fully saturated rings. The minimum Gasteiger partial charge on any atom is -0.373 e. The molecule has 0 atom stereocenters. The van der Waals surface area contributed by atoms with Crippen molar-refractivity contribution in [3.63, 3.8) is 0 Å². The predicted octanol–water partition coefficient (Wildman–Crippen LogP) is 2.97. The SMILES string of the molecule is Cc1ncc([N+](=O)[O-])n1CCOCc1ccc(Cl)cc1. The molecule has 1 heterocycles. The summed E-state index contributed by atoms with van der Waals surface area (Å²) in [5.41, 5.74) is 1.01. The van der Waals surface area contributed by atoms with Crippen molar-refractivity contribution in [2.24, 2.45) is 0 Å². The van der Waals surface area contributed by atoms with E-state index in [0.717, 1.165) is 5.56 Å². The molecule has 0 bridgehead atoms. The molecular weight excluding hydrogens is 282 g/mol. The highest BCUT2D eigenvalue weighted by Crippen LogP contribution is 2.14. The number of halogens is 1. The van der Waals surface area contributed by atoms with Gasteiger partial charge in [-0.3, -0.25) is 0 Å². The summed E-state index contributed by atoms with van der Waals surface area (Å²) in [6, 6.07) is 7.36. The summed E-state index contributed by atoms with van der Waals surface area (Å²) in [7, 11) is 0. The molecule has 0 aliphatic heterocycles. The topological polar surface area (TPSA) is 70.2 Å². The Hall–Kier alpha value is -1.92. The molecule has 0 saturated carbocycles. The Morgan fingerprint density at radius 2 is 2.10 bits per heavy atom.